The monoisotopic (exact) mass is 254 g/mol. The Morgan fingerprint density at radius 1 is 1.50 bits per heavy atom. The van der Waals surface area contributed by atoms with E-state index in [0.717, 1.165) is 12.8 Å². The fraction of sp³-hybridized carbons (Fsp3) is 0.636. The Hall–Kier alpha value is -1.44. The number of nitrogens with one attached hydrogen (secondary N) is 1. The first-order chi connectivity index (χ1) is 8.58. The zero-order valence-corrected chi connectivity index (χ0v) is 9.57. The zero-order valence-electron chi connectivity index (χ0n) is 9.57. The Balaban J connectivity index is 2.02. The number of nitrogens with zero attached hydrogens (tertiary/aromatic N) is 1. The van der Waals surface area contributed by atoms with Gasteiger partial charge in [-0.2, -0.15) is 0 Å². The van der Waals surface area contributed by atoms with Crippen LogP contribution in [0.1, 0.15) is 19.1 Å². The second-order valence-corrected chi connectivity index (χ2v) is 4.90. The molecule has 1 aromatic heterocycles. The zero-order chi connectivity index (χ0) is 12.9. The van der Waals surface area contributed by atoms with Gasteiger partial charge in [0.2, 0.25) is 0 Å². The Morgan fingerprint density at radius 3 is 2.78 bits per heavy atom. The molecule has 3 N–H and O–H groups in total. The van der Waals surface area contributed by atoms with Crippen LogP contribution in [0.2, 0.25) is 0 Å². The molecule has 7 nitrogen and oxygen atoms in total. The average Bonchev–Trinajstić information content (AvgIpc) is 3.07. The van der Waals surface area contributed by atoms with E-state index in [9.17, 15) is 14.7 Å². The molecule has 3 rings (SSSR count). The molecule has 1 aliphatic heterocycles. The summed E-state index contributed by atoms with van der Waals surface area (Å²) in [4.78, 5) is 24.9. The number of H-pyrrole nitrogens is 1. The molecule has 0 radical (unpaired) electrons. The van der Waals surface area contributed by atoms with E-state index < -0.39 is 35.1 Å². The van der Waals surface area contributed by atoms with Gasteiger partial charge >= 0.3 is 5.69 Å². The molecule has 1 unspecified atom stereocenters. The number of rotatable bonds is 2. The van der Waals surface area contributed by atoms with Gasteiger partial charge in [0.05, 0.1) is 12.7 Å². The minimum atomic E-state index is -0.786. The van der Waals surface area contributed by atoms with Crippen molar-refractivity contribution in [3.8, 4) is 0 Å². The van der Waals surface area contributed by atoms with Crippen LogP contribution in [0.25, 0.3) is 0 Å². The molecule has 1 saturated heterocycles. The summed E-state index contributed by atoms with van der Waals surface area (Å²) >= 11 is 0. The van der Waals surface area contributed by atoms with E-state index in [-0.39, 0.29) is 6.61 Å². The highest BCUT2D eigenvalue weighted by Gasteiger charge is 2.64. The molecule has 18 heavy (non-hydrogen) atoms. The predicted octanol–water partition coefficient (Wildman–Crippen LogP) is -1.43. The second kappa shape index (κ2) is 3.78. The van der Waals surface area contributed by atoms with Crippen molar-refractivity contribution in [2.24, 2.45) is 5.41 Å². The first-order valence-corrected chi connectivity index (χ1v) is 5.84. The summed E-state index contributed by atoms with van der Waals surface area (Å²) in [7, 11) is 0. The van der Waals surface area contributed by atoms with E-state index in [1.54, 1.807) is 0 Å². The summed E-state index contributed by atoms with van der Waals surface area (Å²) in [6, 6.07) is 1.24. The number of hydrogen-bond donors (Lipinski definition) is 3. The maximum absolute atomic E-state index is 11.7. The number of hydrogen-bond acceptors (Lipinski definition) is 5. The highest BCUT2D eigenvalue weighted by molar-refractivity contribution is 5.10. The largest absolute Gasteiger partial charge is 0.394 e. The van der Waals surface area contributed by atoms with Crippen LogP contribution in [0.3, 0.4) is 0 Å². The third kappa shape index (κ3) is 1.48. The van der Waals surface area contributed by atoms with Crippen molar-refractivity contribution in [2.45, 2.75) is 31.3 Å². The highest BCUT2D eigenvalue weighted by Crippen LogP contribution is 2.62. The lowest BCUT2D eigenvalue weighted by Gasteiger charge is -2.20. The van der Waals surface area contributed by atoms with Gasteiger partial charge in [0.15, 0.2) is 0 Å². The van der Waals surface area contributed by atoms with Crippen molar-refractivity contribution in [2.75, 3.05) is 6.61 Å². The van der Waals surface area contributed by atoms with Gasteiger partial charge in [-0.3, -0.25) is 14.3 Å². The molecular formula is C11H14N2O5. The summed E-state index contributed by atoms with van der Waals surface area (Å²) in [6.07, 6.45) is 0.733. The fourth-order valence-corrected chi connectivity index (χ4v) is 2.68. The number of aliphatic hydroxyl groups is 2. The van der Waals surface area contributed by atoms with Crippen LogP contribution in [0.15, 0.2) is 21.9 Å². The summed E-state index contributed by atoms with van der Waals surface area (Å²) in [5, 5.41) is 19.2. The smallest absolute Gasteiger partial charge is 0.330 e. The van der Waals surface area contributed by atoms with E-state index in [4.69, 9.17) is 9.84 Å². The Labute approximate surface area is 102 Å². The first kappa shape index (κ1) is 11.6. The van der Waals surface area contributed by atoms with Gasteiger partial charge in [0, 0.05) is 17.7 Å². The Morgan fingerprint density at radius 2 is 2.22 bits per heavy atom. The van der Waals surface area contributed by atoms with Gasteiger partial charge in [0.25, 0.3) is 5.56 Å². The molecule has 0 aromatic carbocycles. The molecule has 2 aliphatic rings. The first-order valence-electron chi connectivity index (χ1n) is 5.84. The number of ether oxygens (including phenoxy) is 1. The van der Waals surface area contributed by atoms with Crippen LogP contribution >= 0.6 is 0 Å². The third-order valence-corrected chi connectivity index (χ3v) is 3.85. The minimum Gasteiger partial charge on any atom is -0.394 e. The van der Waals surface area contributed by atoms with Crippen molar-refractivity contribution in [1.29, 1.82) is 0 Å². The molecule has 0 amide bonds. The van der Waals surface area contributed by atoms with Gasteiger partial charge in [-0.05, 0) is 12.8 Å². The number of aromatic amines is 1. The molecule has 3 atom stereocenters. The Kier molecular flexibility index (Phi) is 2.44. The van der Waals surface area contributed by atoms with E-state index in [2.05, 4.69) is 4.98 Å². The maximum Gasteiger partial charge on any atom is 0.330 e. The number of aromatic nitrogens is 2. The lowest BCUT2D eigenvalue weighted by molar-refractivity contribution is -0.0491. The van der Waals surface area contributed by atoms with E-state index in [1.165, 1.54) is 16.8 Å². The molecule has 1 aromatic rings. The summed E-state index contributed by atoms with van der Waals surface area (Å²) < 4.78 is 6.82. The van der Waals surface area contributed by atoms with Crippen LogP contribution in [-0.2, 0) is 4.74 Å². The van der Waals surface area contributed by atoms with Crippen molar-refractivity contribution in [3.05, 3.63) is 33.1 Å². The minimum absolute atomic E-state index is 0.294. The number of aliphatic hydroxyl groups excluding tert-OH is 2. The highest BCUT2D eigenvalue weighted by atomic mass is 16.5. The maximum atomic E-state index is 11.7. The van der Waals surface area contributed by atoms with E-state index in [0.29, 0.717) is 0 Å². The predicted molar refractivity (Wildman–Crippen MR) is 60.0 cm³/mol. The molecule has 1 saturated carbocycles. The normalized spacial score (nSPS) is 32.9. The quantitative estimate of drug-likeness (QED) is 0.600. The molecular weight excluding hydrogens is 240 g/mol. The third-order valence-electron chi connectivity index (χ3n) is 3.85. The molecule has 98 valence electrons. The van der Waals surface area contributed by atoms with Gasteiger partial charge in [0.1, 0.15) is 12.3 Å². The van der Waals surface area contributed by atoms with Crippen LogP contribution in [-0.4, -0.2) is 38.6 Å². The summed E-state index contributed by atoms with van der Waals surface area (Å²) in [6.45, 7) is -0.294. The van der Waals surface area contributed by atoms with Gasteiger partial charge in [-0.1, -0.05) is 0 Å². The van der Waals surface area contributed by atoms with E-state index in [1.807, 2.05) is 0 Å². The topological polar surface area (TPSA) is 105 Å². The molecule has 0 bridgehead atoms. The molecule has 7 heteroatoms. The SMILES string of the molecule is O=c1ccn(C2O[C@H](CO)[C@@H](O)C23CC3)c(=O)[nH]1. The molecule has 1 aliphatic carbocycles. The van der Waals surface area contributed by atoms with Crippen molar-refractivity contribution in [1.82, 2.24) is 9.55 Å². The lowest BCUT2D eigenvalue weighted by Crippen LogP contribution is -2.35. The van der Waals surface area contributed by atoms with Gasteiger partial charge < -0.3 is 14.9 Å². The Bertz CT molecular complexity index is 573. The molecule has 2 fully saturated rings. The summed E-state index contributed by atoms with van der Waals surface area (Å²) in [5.41, 5.74) is -1.54. The van der Waals surface area contributed by atoms with Crippen molar-refractivity contribution in [3.63, 3.8) is 0 Å². The lowest BCUT2D eigenvalue weighted by atomic mass is 9.96. The van der Waals surface area contributed by atoms with Crippen LogP contribution < -0.4 is 11.2 Å². The fourth-order valence-electron chi connectivity index (χ4n) is 2.68. The van der Waals surface area contributed by atoms with Crippen LogP contribution in [0, 0.1) is 5.41 Å². The second-order valence-electron chi connectivity index (χ2n) is 4.90. The summed E-state index contributed by atoms with van der Waals surface area (Å²) in [5.74, 6) is 0. The van der Waals surface area contributed by atoms with Crippen molar-refractivity contribution >= 4 is 0 Å². The van der Waals surface area contributed by atoms with Crippen LogP contribution in [0.4, 0.5) is 0 Å². The standard InChI is InChI=1S/C11H14N2O5/c14-5-6-8(16)11(2-3-11)9(18-6)13-4-1-7(15)12-10(13)17/h1,4,6,8-9,14,16H,2-3,5H2,(H,12,15,17)/t6-,8-,9?/m1/s1. The molecule has 2 heterocycles. The van der Waals surface area contributed by atoms with E-state index >= 15 is 0 Å². The average molecular weight is 254 g/mol. The van der Waals surface area contributed by atoms with Crippen molar-refractivity contribution < 1.29 is 14.9 Å². The molecule has 1 spiro atoms. The van der Waals surface area contributed by atoms with Gasteiger partial charge in [-0.15, -0.1) is 0 Å². The van der Waals surface area contributed by atoms with Crippen LogP contribution in [0.5, 0.6) is 0 Å². The van der Waals surface area contributed by atoms with Gasteiger partial charge in [-0.25, -0.2) is 4.79 Å².